The number of nitrogens with two attached hydrogens (primary N) is 1. The lowest BCUT2D eigenvalue weighted by Gasteiger charge is -2.00. The molecule has 0 atom stereocenters. The maximum absolute atomic E-state index is 7.02. The molecule has 0 amide bonds. The molecule has 0 aliphatic rings. The Kier molecular flexibility index (Phi) is 2.82. The fourth-order valence-corrected chi connectivity index (χ4v) is 1.02. The molecule has 0 unspecified atom stereocenters. The molecule has 1 aromatic rings. The predicted octanol–water partition coefficient (Wildman–Crippen LogP) is 1.68. The molecule has 0 spiro atoms. The van der Waals surface area contributed by atoms with Gasteiger partial charge >= 0.3 is 0 Å². The Morgan fingerprint density at radius 1 is 1.67 bits per heavy atom. The molecule has 0 radical (unpaired) electrons. The van der Waals surface area contributed by atoms with Gasteiger partial charge in [-0.15, -0.1) is 0 Å². The Hall–Kier alpha value is -1.35. The third kappa shape index (κ3) is 1.62. The highest BCUT2D eigenvalue weighted by Crippen LogP contribution is 2.18. The van der Waals surface area contributed by atoms with Crippen LogP contribution in [0.1, 0.15) is 5.69 Å². The van der Waals surface area contributed by atoms with Crippen LogP contribution in [0, 0.1) is 5.41 Å². The Morgan fingerprint density at radius 2 is 2.42 bits per heavy atom. The van der Waals surface area contributed by atoms with Crippen LogP contribution >= 0.6 is 11.6 Å². The van der Waals surface area contributed by atoms with Gasteiger partial charge in [-0.3, -0.25) is 4.98 Å². The van der Waals surface area contributed by atoms with E-state index in [1.807, 2.05) is 0 Å². The Morgan fingerprint density at radius 3 is 2.92 bits per heavy atom. The molecule has 0 fully saturated rings. The molecule has 0 aromatic carbocycles. The van der Waals surface area contributed by atoms with E-state index in [-0.39, 0.29) is 0 Å². The lowest BCUT2D eigenvalue weighted by atomic mass is 10.2. The summed E-state index contributed by atoms with van der Waals surface area (Å²) in [6.45, 7) is 0. The fraction of sp³-hybridized carbons (Fsp3) is 0. The van der Waals surface area contributed by atoms with Crippen molar-refractivity contribution in [3.63, 3.8) is 0 Å². The van der Waals surface area contributed by atoms with Crippen LogP contribution in [0.25, 0.3) is 5.57 Å². The maximum atomic E-state index is 7.02. The molecule has 1 heterocycles. The van der Waals surface area contributed by atoms with E-state index in [0.29, 0.717) is 16.3 Å². The van der Waals surface area contributed by atoms with E-state index >= 15 is 0 Å². The van der Waals surface area contributed by atoms with E-state index in [9.17, 15) is 0 Å². The second-order valence-corrected chi connectivity index (χ2v) is 2.51. The molecular weight excluding hydrogens is 174 g/mol. The molecule has 12 heavy (non-hydrogen) atoms. The van der Waals surface area contributed by atoms with Crippen molar-refractivity contribution >= 4 is 23.4 Å². The quantitative estimate of drug-likeness (QED) is 0.682. The number of halogens is 1. The van der Waals surface area contributed by atoms with E-state index < -0.39 is 0 Å². The van der Waals surface area contributed by atoms with Gasteiger partial charge in [-0.25, -0.2) is 0 Å². The van der Waals surface area contributed by atoms with Gasteiger partial charge < -0.3 is 11.1 Å². The second-order valence-electron chi connectivity index (χ2n) is 2.10. The highest BCUT2D eigenvalue weighted by atomic mass is 35.5. The van der Waals surface area contributed by atoms with E-state index in [2.05, 4.69) is 4.98 Å². The molecule has 0 saturated heterocycles. The summed E-state index contributed by atoms with van der Waals surface area (Å²) in [7, 11) is 0. The maximum Gasteiger partial charge on any atom is 0.0917 e. The molecule has 3 N–H and O–H groups in total. The molecular formula is C8H8ClN3. The number of pyridine rings is 1. The highest BCUT2D eigenvalue weighted by molar-refractivity contribution is 6.33. The van der Waals surface area contributed by atoms with Gasteiger partial charge in [0.15, 0.2) is 0 Å². The monoisotopic (exact) mass is 181 g/mol. The van der Waals surface area contributed by atoms with Crippen molar-refractivity contribution in [2.75, 3.05) is 0 Å². The van der Waals surface area contributed by atoms with E-state index in [0.717, 1.165) is 6.21 Å². The second kappa shape index (κ2) is 3.88. The van der Waals surface area contributed by atoms with E-state index in [4.69, 9.17) is 22.7 Å². The van der Waals surface area contributed by atoms with Crippen LogP contribution < -0.4 is 5.73 Å². The first-order chi connectivity index (χ1) is 5.79. The summed E-state index contributed by atoms with van der Waals surface area (Å²) in [4.78, 5) is 3.99. The van der Waals surface area contributed by atoms with Crippen molar-refractivity contribution in [2.24, 2.45) is 5.73 Å². The standard InChI is InChI=1S/C8H8ClN3/c9-7-2-1-3-12-8(7)6(4-10)5-11/h1-5,10H,11H2. The third-order valence-corrected chi connectivity index (χ3v) is 1.67. The number of aromatic nitrogens is 1. The summed E-state index contributed by atoms with van der Waals surface area (Å²) in [5.41, 5.74) is 6.33. The summed E-state index contributed by atoms with van der Waals surface area (Å²) >= 11 is 5.81. The van der Waals surface area contributed by atoms with Crippen LogP contribution in [-0.2, 0) is 0 Å². The van der Waals surface area contributed by atoms with Crippen LogP contribution in [-0.4, -0.2) is 11.2 Å². The molecule has 1 aromatic heterocycles. The SMILES string of the molecule is N=CC(=CN)c1ncccc1Cl. The van der Waals surface area contributed by atoms with Crippen molar-refractivity contribution in [3.05, 3.63) is 35.2 Å². The summed E-state index contributed by atoms with van der Waals surface area (Å²) in [5.74, 6) is 0. The minimum absolute atomic E-state index is 0.498. The first-order valence-corrected chi connectivity index (χ1v) is 3.70. The zero-order chi connectivity index (χ0) is 8.97. The van der Waals surface area contributed by atoms with Gasteiger partial charge in [0, 0.05) is 24.2 Å². The molecule has 4 heteroatoms. The summed E-state index contributed by atoms with van der Waals surface area (Å²) in [6.07, 6.45) is 4.03. The number of nitrogens with one attached hydrogen (secondary N) is 1. The van der Waals surface area contributed by atoms with Crippen LogP contribution in [0.2, 0.25) is 5.02 Å². The number of rotatable bonds is 2. The molecule has 0 aliphatic heterocycles. The average molecular weight is 182 g/mol. The fourth-order valence-electron chi connectivity index (χ4n) is 0.794. The van der Waals surface area contributed by atoms with Gasteiger partial charge in [0.05, 0.1) is 10.7 Å². The summed E-state index contributed by atoms with van der Waals surface area (Å²) in [5, 5.41) is 7.52. The summed E-state index contributed by atoms with van der Waals surface area (Å²) < 4.78 is 0. The Balaban J connectivity index is 3.18. The van der Waals surface area contributed by atoms with Crippen LogP contribution in [0.3, 0.4) is 0 Å². The Labute approximate surface area is 75.4 Å². The minimum atomic E-state index is 0.498. The largest absolute Gasteiger partial charge is 0.404 e. The first-order valence-electron chi connectivity index (χ1n) is 3.33. The normalized spacial score (nSPS) is 11.2. The predicted molar refractivity (Wildman–Crippen MR) is 50.2 cm³/mol. The van der Waals surface area contributed by atoms with Gasteiger partial charge in [0.2, 0.25) is 0 Å². The van der Waals surface area contributed by atoms with Crippen molar-refractivity contribution < 1.29 is 0 Å². The number of hydrogen-bond donors (Lipinski definition) is 2. The number of allylic oxidation sites excluding steroid dienone is 1. The van der Waals surface area contributed by atoms with Gasteiger partial charge in [-0.2, -0.15) is 0 Å². The van der Waals surface area contributed by atoms with Gasteiger partial charge in [-0.1, -0.05) is 11.6 Å². The Bertz CT molecular complexity index is 320. The molecule has 62 valence electrons. The van der Waals surface area contributed by atoms with Crippen molar-refractivity contribution in [1.29, 1.82) is 5.41 Å². The highest BCUT2D eigenvalue weighted by Gasteiger charge is 2.03. The smallest absolute Gasteiger partial charge is 0.0917 e. The van der Waals surface area contributed by atoms with Crippen LogP contribution in [0.4, 0.5) is 0 Å². The molecule has 0 saturated carbocycles. The number of hydrogen-bond acceptors (Lipinski definition) is 3. The van der Waals surface area contributed by atoms with E-state index in [1.165, 1.54) is 6.20 Å². The van der Waals surface area contributed by atoms with Gasteiger partial charge in [-0.05, 0) is 12.1 Å². The lowest BCUT2D eigenvalue weighted by molar-refractivity contribution is 1.28. The molecule has 1 rings (SSSR count). The van der Waals surface area contributed by atoms with Crippen LogP contribution in [0.5, 0.6) is 0 Å². The first kappa shape index (κ1) is 8.74. The van der Waals surface area contributed by atoms with Crippen molar-refractivity contribution in [1.82, 2.24) is 4.98 Å². The lowest BCUT2D eigenvalue weighted by Crippen LogP contribution is -1.94. The molecule has 3 nitrogen and oxygen atoms in total. The minimum Gasteiger partial charge on any atom is -0.404 e. The molecule has 0 aliphatic carbocycles. The third-order valence-electron chi connectivity index (χ3n) is 1.37. The number of nitrogens with zero attached hydrogens (tertiary/aromatic N) is 1. The zero-order valence-electron chi connectivity index (χ0n) is 6.29. The summed E-state index contributed by atoms with van der Waals surface area (Å²) in [6, 6.07) is 3.43. The topological polar surface area (TPSA) is 62.8 Å². The molecule has 0 bridgehead atoms. The van der Waals surface area contributed by atoms with Crippen molar-refractivity contribution in [2.45, 2.75) is 0 Å². The van der Waals surface area contributed by atoms with Gasteiger partial charge in [0.1, 0.15) is 0 Å². The zero-order valence-corrected chi connectivity index (χ0v) is 7.05. The van der Waals surface area contributed by atoms with E-state index in [1.54, 1.807) is 18.3 Å². The van der Waals surface area contributed by atoms with Crippen LogP contribution in [0.15, 0.2) is 24.5 Å². The average Bonchev–Trinajstić information content (AvgIpc) is 2.10. The van der Waals surface area contributed by atoms with Gasteiger partial charge in [0.25, 0.3) is 0 Å². The van der Waals surface area contributed by atoms with Crippen molar-refractivity contribution in [3.8, 4) is 0 Å².